The molecule has 0 radical (unpaired) electrons. The van der Waals surface area contributed by atoms with Gasteiger partial charge in [-0.15, -0.1) is 23.1 Å². The number of pyridine rings is 1. The van der Waals surface area contributed by atoms with Gasteiger partial charge < -0.3 is 4.90 Å². The molecular formula is C20H17N3OS2. The van der Waals surface area contributed by atoms with Gasteiger partial charge in [0.05, 0.1) is 10.7 Å². The molecule has 1 aliphatic rings. The van der Waals surface area contributed by atoms with Crippen LogP contribution in [0.4, 0.5) is 0 Å². The number of benzene rings is 1. The number of rotatable bonds is 3. The number of carbonyl (C=O) groups excluding carboxylic acids is 1. The maximum absolute atomic E-state index is 12.9. The molecule has 1 amide bonds. The van der Waals surface area contributed by atoms with Crippen LogP contribution in [0, 0.1) is 6.92 Å². The van der Waals surface area contributed by atoms with Crippen molar-refractivity contribution in [1.29, 1.82) is 0 Å². The third kappa shape index (κ3) is 3.43. The van der Waals surface area contributed by atoms with Gasteiger partial charge in [0.2, 0.25) is 0 Å². The minimum atomic E-state index is 0.0575. The monoisotopic (exact) mass is 379 g/mol. The zero-order chi connectivity index (χ0) is 17.9. The summed E-state index contributed by atoms with van der Waals surface area (Å²) in [4.78, 5) is 23.6. The second-order valence-corrected chi connectivity index (χ2v) is 7.90. The van der Waals surface area contributed by atoms with Crippen molar-refractivity contribution in [2.75, 3.05) is 12.3 Å². The molecule has 0 atom stereocenters. The van der Waals surface area contributed by atoms with E-state index >= 15 is 0 Å². The van der Waals surface area contributed by atoms with Crippen LogP contribution in [0.5, 0.6) is 0 Å². The summed E-state index contributed by atoms with van der Waals surface area (Å²) in [7, 11) is 0. The van der Waals surface area contributed by atoms with E-state index in [1.807, 2.05) is 65.9 Å². The molecule has 26 heavy (non-hydrogen) atoms. The molecule has 0 aliphatic carbocycles. The van der Waals surface area contributed by atoms with Crippen LogP contribution in [0.15, 0.2) is 59.2 Å². The van der Waals surface area contributed by atoms with E-state index in [4.69, 9.17) is 0 Å². The van der Waals surface area contributed by atoms with Gasteiger partial charge in [0, 0.05) is 41.2 Å². The second kappa shape index (κ2) is 7.43. The number of thioether (sulfide) groups is 1. The lowest BCUT2D eigenvalue weighted by molar-refractivity contribution is 0.0830. The standard InChI is InChI=1S/C20H17N3OS2/c1-14-5-2-3-7-17(14)20(24)23-9-10-25-18(23)11-16-13-26-19(22-16)15-6-4-8-21-12-15/h2-8,11-13H,9-10H2,1H3/b18-11+. The van der Waals surface area contributed by atoms with Gasteiger partial charge in [-0.25, -0.2) is 4.98 Å². The van der Waals surface area contributed by atoms with Crippen molar-refractivity contribution >= 4 is 35.1 Å². The molecule has 0 bridgehead atoms. The highest BCUT2D eigenvalue weighted by Gasteiger charge is 2.26. The van der Waals surface area contributed by atoms with Crippen LogP contribution in [0.25, 0.3) is 16.6 Å². The summed E-state index contributed by atoms with van der Waals surface area (Å²) in [5, 5.41) is 3.91. The van der Waals surface area contributed by atoms with E-state index < -0.39 is 0 Å². The van der Waals surface area contributed by atoms with Gasteiger partial charge in [0.1, 0.15) is 5.01 Å². The Balaban J connectivity index is 1.60. The molecule has 1 aromatic carbocycles. The molecule has 3 heterocycles. The molecule has 4 nitrogen and oxygen atoms in total. The fraction of sp³-hybridized carbons (Fsp3) is 0.150. The van der Waals surface area contributed by atoms with Crippen LogP contribution < -0.4 is 0 Å². The first-order chi connectivity index (χ1) is 12.7. The molecule has 6 heteroatoms. The van der Waals surface area contributed by atoms with Crippen molar-refractivity contribution in [3.8, 4) is 10.6 Å². The number of nitrogens with zero attached hydrogens (tertiary/aromatic N) is 3. The summed E-state index contributed by atoms with van der Waals surface area (Å²) >= 11 is 3.28. The van der Waals surface area contributed by atoms with Crippen molar-refractivity contribution in [3.63, 3.8) is 0 Å². The van der Waals surface area contributed by atoms with E-state index in [1.54, 1.807) is 29.3 Å². The van der Waals surface area contributed by atoms with Crippen molar-refractivity contribution in [3.05, 3.63) is 76.0 Å². The van der Waals surface area contributed by atoms with Crippen LogP contribution in [0.3, 0.4) is 0 Å². The maximum Gasteiger partial charge on any atom is 0.258 e. The van der Waals surface area contributed by atoms with Gasteiger partial charge in [-0.3, -0.25) is 9.78 Å². The fourth-order valence-corrected chi connectivity index (χ4v) is 4.60. The highest BCUT2D eigenvalue weighted by molar-refractivity contribution is 8.03. The molecule has 3 aromatic rings. The van der Waals surface area contributed by atoms with E-state index in [0.717, 1.165) is 44.7 Å². The molecule has 130 valence electrons. The number of hydrogen-bond donors (Lipinski definition) is 0. The number of aromatic nitrogens is 2. The SMILES string of the molecule is Cc1ccccc1C(=O)N1CCS/C1=C/c1csc(-c2cccnc2)n1. The Morgan fingerprint density at radius 1 is 1.23 bits per heavy atom. The molecule has 4 rings (SSSR count). The van der Waals surface area contributed by atoms with Crippen molar-refractivity contribution in [1.82, 2.24) is 14.9 Å². The Bertz CT molecular complexity index is 966. The molecule has 2 aromatic heterocycles. The highest BCUT2D eigenvalue weighted by Crippen LogP contribution is 2.32. The van der Waals surface area contributed by atoms with Crippen molar-refractivity contribution in [2.24, 2.45) is 0 Å². The highest BCUT2D eigenvalue weighted by atomic mass is 32.2. The summed E-state index contributed by atoms with van der Waals surface area (Å²) in [5.41, 5.74) is 3.64. The third-order valence-electron chi connectivity index (χ3n) is 4.15. The summed E-state index contributed by atoms with van der Waals surface area (Å²) in [6, 6.07) is 11.6. The first-order valence-corrected chi connectivity index (χ1v) is 10.2. The summed E-state index contributed by atoms with van der Waals surface area (Å²) in [5.74, 6) is 0.963. The Hall–Kier alpha value is -2.44. The van der Waals surface area contributed by atoms with Gasteiger partial charge in [-0.2, -0.15) is 0 Å². The third-order valence-corrected chi connectivity index (χ3v) is 6.08. The van der Waals surface area contributed by atoms with Crippen LogP contribution in [-0.4, -0.2) is 33.1 Å². The lowest BCUT2D eigenvalue weighted by Crippen LogP contribution is -2.27. The van der Waals surface area contributed by atoms with E-state index in [9.17, 15) is 4.79 Å². The predicted octanol–water partition coefficient (Wildman–Crippen LogP) is 4.70. The normalized spacial score (nSPS) is 15.6. The molecule has 0 saturated carbocycles. The fourth-order valence-electron chi connectivity index (χ4n) is 2.81. The van der Waals surface area contributed by atoms with Crippen molar-refractivity contribution in [2.45, 2.75) is 6.92 Å². The van der Waals surface area contributed by atoms with Gasteiger partial charge in [-0.05, 0) is 36.8 Å². The lowest BCUT2D eigenvalue weighted by atomic mass is 10.1. The second-order valence-electron chi connectivity index (χ2n) is 5.92. The predicted molar refractivity (Wildman–Crippen MR) is 108 cm³/mol. The summed E-state index contributed by atoms with van der Waals surface area (Å²) in [6.45, 7) is 2.70. The minimum Gasteiger partial charge on any atom is -0.302 e. The Morgan fingerprint density at radius 3 is 2.92 bits per heavy atom. The van der Waals surface area contributed by atoms with E-state index in [1.165, 1.54) is 0 Å². The van der Waals surface area contributed by atoms with Crippen LogP contribution in [-0.2, 0) is 0 Å². The number of thiazole rings is 1. The average Bonchev–Trinajstić information content (AvgIpc) is 3.32. The molecule has 0 unspecified atom stereocenters. The summed E-state index contributed by atoms with van der Waals surface area (Å²) in [6.07, 6.45) is 5.57. The topological polar surface area (TPSA) is 46.1 Å². The Morgan fingerprint density at radius 2 is 2.12 bits per heavy atom. The smallest absolute Gasteiger partial charge is 0.258 e. The zero-order valence-electron chi connectivity index (χ0n) is 14.3. The largest absolute Gasteiger partial charge is 0.302 e. The van der Waals surface area contributed by atoms with Gasteiger partial charge >= 0.3 is 0 Å². The quantitative estimate of drug-likeness (QED) is 0.662. The van der Waals surface area contributed by atoms with Gasteiger partial charge in [0.25, 0.3) is 5.91 Å². The number of hydrogen-bond acceptors (Lipinski definition) is 5. The first-order valence-electron chi connectivity index (χ1n) is 8.30. The number of aryl methyl sites for hydroxylation is 1. The van der Waals surface area contributed by atoms with E-state index in [-0.39, 0.29) is 5.91 Å². The first kappa shape index (κ1) is 17.0. The maximum atomic E-state index is 12.9. The van der Waals surface area contributed by atoms with Crippen LogP contribution >= 0.6 is 23.1 Å². The number of amides is 1. The molecule has 0 spiro atoms. The van der Waals surface area contributed by atoms with Gasteiger partial charge in [0.15, 0.2) is 0 Å². The minimum absolute atomic E-state index is 0.0575. The molecule has 1 fully saturated rings. The molecule has 0 N–H and O–H groups in total. The van der Waals surface area contributed by atoms with Crippen LogP contribution in [0.1, 0.15) is 21.6 Å². The average molecular weight is 380 g/mol. The summed E-state index contributed by atoms with van der Waals surface area (Å²) < 4.78 is 0. The van der Waals surface area contributed by atoms with E-state index in [2.05, 4.69) is 9.97 Å². The van der Waals surface area contributed by atoms with Crippen LogP contribution in [0.2, 0.25) is 0 Å². The lowest BCUT2D eigenvalue weighted by Gasteiger charge is -2.18. The van der Waals surface area contributed by atoms with Crippen molar-refractivity contribution < 1.29 is 4.79 Å². The number of carbonyl (C=O) groups is 1. The molecule has 1 aliphatic heterocycles. The van der Waals surface area contributed by atoms with Gasteiger partial charge in [-0.1, -0.05) is 18.2 Å². The molecular weight excluding hydrogens is 362 g/mol. The van der Waals surface area contributed by atoms with E-state index in [0.29, 0.717) is 0 Å². The Labute approximate surface area is 160 Å². The Kier molecular flexibility index (Phi) is 4.86. The zero-order valence-corrected chi connectivity index (χ0v) is 15.9. The molecule has 1 saturated heterocycles.